The molecule has 128 valence electrons. The first-order valence-corrected chi connectivity index (χ1v) is 8.75. The zero-order chi connectivity index (χ0) is 17.9. The predicted molar refractivity (Wildman–Crippen MR) is 103 cm³/mol. The summed E-state index contributed by atoms with van der Waals surface area (Å²) in [4.78, 5) is 13.1. The molecule has 0 saturated heterocycles. The van der Waals surface area contributed by atoms with E-state index in [2.05, 4.69) is 51.2 Å². The molecular formula is C22H29NO. The van der Waals surface area contributed by atoms with Gasteiger partial charge in [0.2, 0.25) is 5.91 Å². The Hall–Kier alpha value is -2.09. The zero-order valence-electron chi connectivity index (χ0n) is 15.7. The van der Waals surface area contributed by atoms with Gasteiger partial charge in [-0.25, -0.2) is 0 Å². The molecule has 0 aliphatic heterocycles. The quantitative estimate of drug-likeness (QED) is 0.734. The smallest absolute Gasteiger partial charge is 0.234 e. The molecular weight excluding hydrogens is 294 g/mol. The summed E-state index contributed by atoms with van der Waals surface area (Å²) in [5.41, 5.74) is 3.81. The summed E-state index contributed by atoms with van der Waals surface area (Å²) in [6.45, 7) is 12.6. The first kappa shape index (κ1) is 18.3. The highest BCUT2D eigenvalue weighted by molar-refractivity contribution is 5.99. The predicted octanol–water partition coefficient (Wildman–Crippen LogP) is 5.85. The number of carbonyl (C=O) groups excluding carboxylic acids is 1. The van der Waals surface area contributed by atoms with E-state index in [9.17, 15) is 4.79 Å². The highest BCUT2D eigenvalue weighted by atomic mass is 16.2. The number of para-hydroxylation sites is 1. The van der Waals surface area contributed by atoms with E-state index >= 15 is 0 Å². The fourth-order valence-corrected chi connectivity index (χ4v) is 2.95. The molecule has 0 saturated carbocycles. The lowest BCUT2D eigenvalue weighted by Crippen LogP contribution is -2.35. The fraction of sp³-hybridized carbons (Fsp3) is 0.409. The molecule has 1 amide bonds. The molecule has 0 unspecified atom stereocenters. The molecule has 0 spiro atoms. The van der Waals surface area contributed by atoms with Crippen LogP contribution in [0.15, 0.2) is 48.5 Å². The van der Waals surface area contributed by atoms with Crippen molar-refractivity contribution >= 4 is 11.6 Å². The highest BCUT2D eigenvalue weighted by Crippen LogP contribution is 2.34. The second kappa shape index (κ2) is 7.21. The maximum atomic E-state index is 13.1. The van der Waals surface area contributed by atoms with Gasteiger partial charge in [-0.1, -0.05) is 76.2 Å². The molecule has 0 heterocycles. The van der Waals surface area contributed by atoms with Gasteiger partial charge < -0.3 is 5.32 Å². The van der Waals surface area contributed by atoms with Crippen LogP contribution < -0.4 is 5.32 Å². The Morgan fingerprint density at radius 2 is 1.33 bits per heavy atom. The van der Waals surface area contributed by atoms with Crippen molar-refractivity contribution in [2.45, 2.75) is 58.8 Å². The molecule has 2 heteroatoms. The van der Waals surface area contributed by atoms with Crippen molar-refractivity contribution in [1.82, 2.24) is 0 Å². The normalized spacial score (nSPS) is 11.8. The Balaban J connectivity index is 2.42. The van der Waals surface area contributed by atoms with E-state index in [1.807, 2.05) is 44.2 Å². The van der Waals surface area contributed by atoms with Crippen LogP contribution in [-0.2, 0) is 10.2 Å². The minimum Gasteiger partial charge on any atom is -0.325 e. The maximum absolute atomic E-state index is 13.1. The van der Waals surface area contributed by atoms with Gasteiger partial charge in [0, 0.05) is 5.69 Å². The Bertz CT molecular complexity index is 673. The summed E-state index contributed by atoms with van der Waals surface area (Å²) >= 11 is 0. The van der Waals surface area contributed by atoms with Gasteiger partial charge in [-0.2, -0.15) is 0 Å². The third-order valence-corrected chi connectivity index (χ3v) is 4.67. The fourth-order valence-electron chi connectivity index (χ4n) is 2.95. The molecule has 2 aromatic carbocycles. The third kappa shape index (κ3) is 3.69. The van der Waals surface area contributed by atoms with E-state index < -0.39 is 5.41 Å². The van der Waals surface area contributed by atoms with E-state index in [-0.39, 0.29) is 5.91 Å². The average molecular weight is 323 g/mol. The summed E-state index contributed by atoms with van der Waals surface area (Å²) < 4.78 is 0. The van der Waals surface area contributed by atoms with Crippen molar-refractivity contribution in [2.75, 3.05) is 5.32 Å². The second-order valence-electron chi connectivity index (χ2n) is 7.57. The van der Waals surface area contributed by atoms with Crippen LogP contribution in [0.5, 0.6) is 0 Å². The number of benzene rings is 2. The van der Waals surface area contributed by atoms with E-state index in [4.69, 9.17) is 0 Å². The summed E-state index contributed by atoms with van der Waals surface area (Å²) in [6.07, 6.45) is 0. The van der Waals surface area contributed by atoms with E-state index in [0.717, 1.165) is 11.3 Å². The van der Waals surface area contributed by atoms with Crippen molar-refractivity contribution in [3.8, 4) is 0 Å². The number of anilines is 1. The van der Waals surface area contributed by atoms with Crippen molar-refractivity contribution in [3.63, 3.8) is 0 Å². The number of carbonyl (C=O) groups is 1. The molecule has 2 nitrogen and oxygen atoms in total. The Kier molecular flexibility index (Phi) is 5.48. The van der Waals surface area contributed by atoms with E-state index in [0.29, 0.717) is 11.8 Å². The minimum atomic E-state index is -0.584. The largest absolute Gasteiger partial charge is 0.325 e. The lowest BCUT2D eigenvalue weighted by atomic mass is 9.83. The van der Waals surface area contributed by atoms with Gasteiger partial charge in [0.05, 0.1) is 5.41 Å². The molecule has 0 bridgehead atoms. The third-order valence-electron chi connectivity index (χ3n) is 4.67. The summed E-state index contributed by atoms with van der Waals surface area (Å²) in [7, 11) is 0. The van der Waals surface area contributed by atoms with E-state index in [1.54, 1.807) is 0 Å². The van der Waals surface area contributed by atoms with Crippen LogP contribution in [0.4, 0.5) is 5.69 Å². The second-order valence-corrected chi connectivity index (χ2v) is 7.57. The zero-order valence-corrected chi connectivity index (χ0v) is 15.7. The van der Waals surface area contributed by atoms with Crippen LogP contribution in [0, 0.1) is 0 Å². The number of nitrogens with one attached hydrogen (secondary N) is 1. The average Bonchev–Trinajstić information content (AvgIpc) is 2.55. The van der Waals surface area contributed by atoms with Crippen molar-refractivity contribution in [3.05, 3.63) is 65.2 Å². The molecule has 0 aliphatic carbocycles. The van der Waals surface area contributed by atoms with Gasteiger partial charge in [0.15, 0.2) is 0 Å². The van der Waals surface area contributed by atoms with Crippen LogP contribution in [0.2, 0.25) is 0 Å². The van der Waals surface area contributed by atoms with Gasteiger partial charge in [-0.15, -0.1) is 0 Å². The molecule has 0 atom stereocenters. The monoisotopic (exact) mass is 323 g/mol. The van der Waals surface area contributed by atoms with Crippen molar-refractivity contribution < 1.29 is 4.79 Å². The Labute approximate surface area is 146 Å². The van der Waals surface area contributed by atoms with Gasteiger partial charge in [0.25, 0.3) is 0 Å². The molecule has 2 rings (SSSR count). The first-order valence-electron chi connectivity index (χ1n) is 8.75. The summed E-state index contributed by atoms with van der Waals surface area (Å²) in [5.74, 6) is 0.751. The van der Waals surface area contributed by atoms with Crippen LogP contribution in [0.3, 0.4) is 0 Å². The summed E-state index contributed by atoms with van der Waals surface area (Å²) in [5, 5.41) is 3.24. The number of rotatable bonds is 5. The minimum absolute atomic E-state index is 0.0312. The molecule has 0 aromatic heterocycles. The Morgan fingerprint density at radius 1 is 0.833 bits per heavy atom. The standard InChI is InChI=1S/C22H29NO/c1-15(2)18-13-10-14-19(16(3)4)20(18)23-21(24)22(5,6)17-11-8-7-9-12-17/h7-16H,1-6H3,(H,23,24). The van der Waals surface area contributed by atoms with Gasteiger partial charge in [0.1, 0.15) is 0 Å². The number of amides is 1. The SMILES string of the molecule is CC(C)c1cccc(C(C)C)c1NC(=O)C(C)(C)c1ccccc1. The number of hydrogen-bond donors (Lipinski definition) is 1. The molecule has 1 N–H and O–H groups in total. The Morgan fingerprint density at radius 3 is 1.79 bits per heavy atom. The van der Waals surface area contributed by atoms with Gasteiger partial charge >= 0.3 is 0 Å². The molecule has 24 heavy (non-hydrogen) atoms. The van der Waals surface area contributed by atoms with Crippen LogP contribution in [0.25, 0.3) is 0 Å². The lowest BCUT2D eigenvalue weighted by Gasteiger charge is -2.27. The maximum Gasteiger partial charge on any atom is 0.234 e. The van der Waals surface area contributed by atoms with Crippen LogP contribution in [0.1, 0.15) is 70.1 Å². The number of hydrogen-bond acceptors (Lipinski definition) is 1. The summed E-state index contributed by atoms with van der Waals surface area (Å²) in [6, 6.07) is 16.3. The highest BCUT2D eigenvalue weighted by Gasteiger charge is 2.30. The van der Waals surface area contributed by atoms with Gasteiger partial charge in [-0.3, -0.25) is 4.79 Å². The molecule has 0 radical (unpaired) electrons. The topological polar surface area (TPSA) is 29.1 Å². The van der Waals surface area contributed by atoms with Crippen molar-refractivity contribution in [2.24, 2.45) is 0 Å². The first-order chi connectivity index (χ1) is 11.2. The molecule has 0 aliphatic rings. The van der Waals surface area contributed by atoms with E-state index in [1.165, 1.54) is 11.1 Å². The van der Waals surface area contributed by atoms with Gasteiger partial charge in [-0.05, 0) is 42.4 Å². The van der Waals surface area contributed by atoms with Crippen LogP contribution in [-0.4, -0.2) is 5.91 Å². The molecule has 2 aromatic rings. The van der Waals surface area contributed by atoms with Crippen molar-refractivity contribution in [1.29, 1.82) is 0 Å². The van der Waals surface area contributed by atoms with Crippen LogP contribution >= 0.6 is 0 Å². The molecule has 0 fully saturated rings. The lowest BCUT2D eigenvalue weighted by molar-refractivity contribution is -0.120.